The van der Waals surface area contributed by atoms with Crippen LogP contribution in [0, 0.1) is 0 Å². The molecule has 8 nitrogen and oxygen atoms in total. The number of nitrogens with one attached hydrogen (secondary N) is 1. The van der Waals surface area contributed by atoms with Crippen LogP contribution in [-0.4, -0.2) is 45.5 Å². The Morgan fingerprint density at radius 1 is 1.00 bits per heavy atom. The van der Waals surface area contributed by atoms with E-state index in [9.17, 15) is 30.0 Å². The maximum absolute atomic E-state index is 12.1. The standard InChI is InChI=1S/C19H19NO7/c1-27-19(26)13(8-12-3-6-15(22)17(24)10-12)20-18(25)7-4-11-2-5-14(21)16(23)9-11/h2-7,9-10,13,21-24H,8H2,1H3,(H,20,25)/b7-4+/t13-/m0/s1. The molecule has 0 unspecified atom stereocenters. The van der Waals surface area contributed by atoms with Gasteiger partial charge in [0.1, 0.15) is 6.04 Å². The van der Waals surface area contributed by atoms with E-state index >= 15 is 0 Å². The number of rotatable bonds is 6. The van der Waals surface area contributed by atoms with Crippen LogP contribution in [0.3, 0.4) is 0 Å². The van der Waals surface area contributed by atoms with Gasteiger partial charge >= 0.3 is 5.97 Å². The van der Waals surface area contributed by atoms with Crippen LogP contribution >= 0.6 is 0 Å². The number of ether oxygens (including phenoxy) is 1. The maximum atomic E-state index is 12.1. The molecular weight excluding hydrogens is 354 g/mol. The van der Waals surface area contributed by atoms with Crippen molar-refractivity contribution in [2.75, 3.05) is 7.11 Å². The number of hydrogen-bond donors (Lipinski definition) is 5. The monoisotopic (exact) mass is 373 g/mol. The van der Waals surface area contributed by atoms with Gasteiger partial charge in [-0.2, -0.15) is 0 Å². The topological polar surface area (TPSA) is 136 Å². The molecule has 1 atom stereocenters. The summed E-state index contributed by atoms with van der Waals surface area (Å²) in [6, 6.07) is 7.11. The van der Waals surface area contributed by atoms with E-state index in [0.717, 1.165) is 6.08 Å². The SMILES string of the molecule is COC(=O)[C@H](Cc1ccc(O)c(O)c1)NC(=O)/C=C/c1ccc(O)c(O)c1. The first-order valence-electron chi connectivity index (χ1n) is 7.89. The molecule has 0 saturated carbocycles. The van der Waals surface area contributed by atoms with Crippen LogP contribution in [-0.2, 0) is 20.7 Å². The predicted molar refractivity (Wildman–Crippen MR) is 96.2 cm³/mol. The minimum absolute atomic E-state index is 0.0418. The molecule has 2 aromatic rings. The predicted octanol–water partition coefficient (Wildman–Crippen LogP) is 1.42. The fourth-order valence-electron chi connectivity index (χ4n) is 2.30. The highest BCUT2D eigenvalue weighted by Gasteiger charge is 2.21. The van der Waals surface area contributed by atoms with E-state index in [1.807, 2.05) is 0 Å². The van der Waals surface area contributed by atoms with Gasteiger partial charge in [-0.25, -0.2) is 4.79 Å². The third-order valence-corrected chi connectivity index (χ3v) is 3.71. The first-order valence-corrected chi connectivity index (χ1v) is 7.89. The van der Waals surface area contributed by atoms with Gasteiger partial charge in [0.2, 0.25) is 5.91 Å². The van der Waals surface area contributed by atoms with Gasteiger partial charge in [-0.15, -0.1) is 0 Å². The number of hydrogen-bond acceptors (Lipinski definition) is 7. The van der Waals surface area contributed by atoms with Crippen molar-refractivity contribution in [1.82, 2.24) is 5.32 Å². The zero-order valence-electron chi connectivity index (χ0n) is 14.4. The Kier molecular flexibility index (Phi) is 6.27. The first kappa shape index (κ1) is 19.6. The summed E-state index contributed by atoms with van der Waals surface area (Å²) in [7, 11) is 1.19. The van der Waals surface area contributed by atoms with Crippen molar-refractivity contribution >= 4 is 18.0 Å². The molecule has 0 spiro atoms. The highest BCUT2D eigenvalue weighted by atomic mass is 16.5. The number of esters is 1. The molecular formula is C19H19NO7. The van der Waals surface area contributed by atoms with Crippen LogP contribution in [0.15, 0.2) is 42.5 Å². The van der Waals surface area contributed by atoms with Gasteiger partial charge in [-0.05, 0) is 41.5 Å². The molecule has 0 radical (unpaired) electrons. The molecule has 0 saturated heterocycles. The summed E-state index contributed by atoms with van der Waals surface area (Å²) in [5.74, 6) is -2.49. The molecule has 1 amide bonds. The largest absolute Gasteiger partial charge is 0.504 e. The maximum Gasteiger partial charge on any atom is 0.328 e. The third-order valence-electron chi connectivity index (χ3n) is 3.71. The summed E-state index contributed by atoms with van der Waals surface area (Å²) in [5, 5.41) is 40.1. The molecule has 5 N–H and O–H groups in total. The Bertz CT molecular complexity index is 876. The van der Waals surface area contributed by atoms with Gasteiger partial charge in [-0.1, -0.05) is 12.1 Å². The first-order chi connectivity index (χ1) is 12.8. The van der Waals surface area contributed by atoms with E-state index in [1.54, 1.807) is 0 Å². The summed E-state index contributed by atoms with van der Waals surface area (Å²) in [6.45, 7) is 0. The summed E-state index contributed by atoms with van der Waals surface area (Å²) in [6.07, 6.45) is 2.60. The normalized spacial score (nSPS) is 11.9. The minimum Gasteiger partial charge on any atom is -0.504 e. The van der Waals surface area contributed by atoms with Crippen LogP contribution in [0.1, 0.15) is 11.1 Å². The van der Waals surface area contributed by atoms with Gasteiger partial charge in [0, 0.05) is 12.5 Å². The molecule has 0 aromatic heterocycles. The fourth-order valence-corrected chi connectivity index (χ4v) is 2.30. The van der Waals surface area contributed by atoms with Gasteiger partial charge in [-0.3, -0.25) is 4.79 Å². The van der Waals surface area contributed by atoms with Crippen molar-refractivity contribution in [1.29, 1.82) is 0 Å². The number of benzene rings is 2. The molecule has 0 aliphatic rings. The number of methoxy groups -OCH3 is 1. The number of phenols is 4. The Hall–Kier alpha value is -3.68. The smallest absolute Gasteiger partial charge is 0.328 e. The number of aromatic hydroxyl groups is 4. The van der Waals surface area contributed by atoms with Gasteiger partial charge < -0.3 is 30.5 Å². The molecule has 27 heavy (non-hydrogen) atoms. The zero-order chi connectivity index (χ0) is 20.0. The molecule has 142 valence electrons. The number of carbonyl (C=O) groups is 2. The van der Waals surface area contributed by atoms with Crippen LogP contribution < -0.4 is 5.32 Å². The van der Waals surface area contributed by atoms with E-state index in [1.165, 1.54) is 49.6 Å². The van der Waals surface area contributed by atoms with Crippen molar-refractivity contribution in [3.63, 3.8) is 0 Å². The minimum atomic E-state index is -1.01. The van der Waals surface area contributed by atoms with E-state index in [2.05, 4.69) is 10.1 Å². The van der Waals surface area contributed by atoms with Crippen LogP contribution in [0.5, 0.6) is 23.0 Å². The van der Waals surface area contributed by atoms with Crippen molar-refractivity contribution in [3.05, 3.63) is 53.6 Å². The second kappa shape index (κ2) is 8.61. The molecule has 8 heteroatoms. The molecule has 0 heterocycles. The molecule has 0 aliphatic heterocycles. The van der Waals surface area contributed by atoms with Crippen molar-refractivity contribution in [3.8, 4) is 23.0 Å². The highest BCUT2D eigenvalue weighted by Crippen LogP contribution is 2.26. The average molecular weight is 373 g/mol. The van der Waals surface area contributed by atoms with Crippen molar-refractivity contribution in [2.24, 2.45) is 0 Å². The lowest BCUT2D eigenvalue weighted by Crippen LogP contribution is -2.42. The van der Waals surface area contributed by atoms with Crippen LogP contribution in [0.25, 0.3) is 6.08 Å². The van der Waals surface area contributed by atoms with E-state index < -0.39 is 17.9 Å². The highest BCUT2D eigenvalue weighted by molar-refractivity contribution is 5.94. The van der Waals surface area contributed by atoms with Crippen molar-refractivity contribution < 1.29 is 34.8 Å². The summed E-state index contributed by atoms with van der Waals surface area (Å²) < 4.78 is 4.68. The van der Waals surface area contributed by atoms with Gasteiger partial charge in [0.15, 0.2) is 23.0 Å². The summed E-state index contributed by atoms with van der Waals surface area (Å²) in [5.41, 5.74) is 0.979. The Morgan fingerprint density at radius 3 is 2.22 bits per heavy atom. The van der Waals surface area contributed by atoms with Gasteiger partial charge in [0.05, 0.1) is 7.11 Å². The quantitative estimate of drug-likeness (QED) is 0.293. The van der Waals surface area contributed by atoms with Crippen LogP contribution in [0.4, 0.5) is 0 Å². The van der Waals surface area contributed by atoms with E-state index in [4.69, 9.17) is 0 Å². The number of phenolic OH excluding ortho intramolecular Hbond substituents is 4. The van der Waals surface area contributed by atoms with E-state index in [-0.39, 0.29) is 29.4 Å². The third kappa shape index (κ3) is 5.40. The number of carbonyl (C=O) groups excluding carboxylic acids is 2. The molecule has 2 aromatic carbocycles. The Balaban J connectivity index is 2.09. The second-order valence-corrected chi connectivity index (χ2v) is 5.69. The lowest BCUT2D eigenvalue weighted by molar-refractivity contribution is -0.144. The van der Waals surface area contributed by atoms with Crippen molar-refractivity contribution in [2.45, 2.75) is 12.5 Å². The summed E-state index contributed by atoms with van der Waals surface area (Å²) >= 11 is 0. The average Bonchev–Trinajstić information content (AvgIpc) is 2.64. The number of amides is 1. The zero-order valence-corrected chi connectivity index (χ0v) is 14.4. The molecule has 0 aliphatic carbocycles. The molecule has 0 bridgehead atoms. The van der Waals surface area contributed by atoms with E-state index in [0.29, 0.717) is 11.1 Å². The van der Waals surface area contributed by atoms with Gasteiger partial charge in [0.25, 0.3) is 0 Å². The van der Waals surface area contributed by atoms with Crippen LogP contribution in [0.2, 0.25) is 0 Å². The fraction of sp³-hybridized carbons (Fsp3) is 0.158. The lowest BCUT2D eigenvalue weighted by atomic mass is 10.1. The second-order valence-electron chi connectivity index (χ2n) is 5.69. The lowest BCUT2D eigenvalue weighted by Gasteiger charge is -2.16. The summed E-state index contributed by atoms with van der Waals surface area (Å²) in [4.78, 5) is 24.0. The Morgan fingerprint density at radius 2 is 1.63 bits per heavy atom. The molecule has 0 fully saturated rings. The Labute approximate surface area is 155 Å². The molecule has 2 rings (SSSR count).